The molecule has 1 aromatic rings. The highest BCUT2D eigenvalue weighted by molar-refractivity contribution is 5.44. The minimum atomic E-state index is 0.349. The van der Waals surface area contributed by atoms with Crippen molar-refractivity contribution in [2.45, 2.75) is 45.6 Å². The van der Waals surface area contributed by atoms with Crippen molar-refractivity contribution in [2.24, 2.45) is 11.3 Å². The molecule has 1 N–H and O–H groups in total. The van der Waals surface area contributed by atoms with E-state index in [1.165, 1.54) is 31.2 Å². The highest BCUT2D eigenvalue weighted by Gasteiger charge is 2.37. The largest absolute Gasteiger partial charge is 0.489 e. The molecule has 0 aromatic heterocycles. The van der Waals surface area contributed by atoms with Gasteiger partial charge < -0.3 is 14.8 Å². The molecule has 116 valence electrons. The van der Waals surface area contributed by atoms with Crippen molar-refractivity contribution < 1.29 is 9.47 Å². The summed E-state index contributed by atoms with van der Waals surface area (Å²) < 4.78 is 11.8. The average Bonchev–Trinajstić information content (AvgIpc) is 2.83. The highest BCUT2D eigenvalue weighted by Crippen LogP contribution is 2.48. The Morgan fingerprint density at radius 1 is 1.14 bits per heavy atom. The van der Waals surface area contributed by atoms with Gasteiger partial charge in [0.05, 0.1) is 13.2 Å². The maximum atomic E-state index is 5.94. The molecule has 0 spiro atoms. The molecule has 0 bridgehead atoms. The first kappa shape index (κ1) is 14.7. The normalized spacial score (nSPS) is 25.4. The fourth-order valence-electron chi connectivity index (χ4n) is 3.84. The minimum Gasteiger partial charge on any atom is -0.489 e. The van der Waals surface area contributed by atoms with Crippen LogP contribution in [0.3, 0.4) is 0 Å². The third-order valence-electron chi connectivity index (χ3n) is 5.08. The summed E-state index contributed by atoms with van der Waals surface area (Å²) >= 11 is 0. The molecule has 2 unspecified atom stereocenters. The molecule has 2 aliphatic rings. The summed E-state index contributed by atoms with van der Waals surface area (Å²) in [6.45, 7) is 6.03. The van der Waals surface area contributed by atoms with Crippen molar-refractivity contribution in [1.82, 2.24) is 5.32 Å². The van der Waals surface area contributed by atoms with Crippen LogP contribution in [0.15, 0.2) is 18.2 Å². The van der Waals surface area contributed by atoms with Crippen LogP contribution in [-0.4, -0.2) is 20.3 Å². The number of hydrogen-bond donors (Lipinski definition) is 1. The Hall–Kier alpha value is -1.22. The minimum absolute atomic E-state index is 0.349. The fourth-order valence-corrected chi connectivity index (χ4v) is 3.84. The first-order valence-corrected chi connectivity index (χ1v) is 8.19. The van der Waals surface area contributed by atoms with Gasteiger partial charge in [-0.1, -0.05) is 32.8 Å². The summed E-state index contributed by atoms with van der Waals surface area (Å²) in [5.41, 5.74) is 1.67. The van der Waals surface area contributed by atoms with E-state index in [0.29, 0.717) is 17.4 Å². The molecule has 0 saturated heterocycles. The summed E-state index contributed by atoms with van der Waals surface area (Å²) in [5.74, 6) is 2.22. The van der Waals surface area contributed by atoms with Crippen LogP contribution in [0.25, 0.3) is 0 Å². The summed E-state index contributed by atoms with van der Waals surface area (Å²) in [7, 11) is 2.07. The van der Waals surface area contributed by atoms with Gasteiger partial charge in [-0.05, 0) is 43.0 Å². The molecule has 1 aromatic carbocycles. The Bertz CT molecular complexity index is 494. The Morgan fingerprint density at radius 2 is 1.81 bits per heavy atom. The topological polar surface area (TPSA) is 30.5 Å². The van der Waals surface area contributed by atoms with Crippen LogP contribution < -0.4 is 14.8 Å². The lowest BCUT2D eigenvalue weighted by Crippen LogP contribution is -2.32. The van der Waals surface area contributed by atoms with Gasteiger partial charge in [0.2, 0.25) is 0 Å². The van der Waals surface area contributed by atoms with Crippen molar-refractivity contribution in [2.75, 3.05) is 20.3 Å². The van der Waals surface area contributed by atoms with Crippen LogP contribution in [0.2, 0.25) is 0 Å². The molecule has 0 radical (unpaired) electrons. The van der Waals surface area contributed by atoms with Crippen LogP contribution in [0.1, 0.15) is 51.1 Å². The van der Waals surface area contributed by atoms with Gasteiger partial charge in [0, 0.05) is 12.0 Å². The second-order valence-corrected chi connectivity index (χ2v) is 7.02. The molecule has 1 fully saturated rings. The SMILES string of the molecule is CNC(c1ccc2c(c1)OCC(C)CO2)C1(C)CCCC1. The highest BCUT2D eigenvalue weighted by atomic mass is 16.5. The Labute approximate surface area is 128 Å². The zero-order valence-electron chi connectivity index (χ0n) is 13.4. The Balaban J connectivity index is 1.88. The van der Waals surface area contributed by atoms with Gasteiger partial charge in [0.25, 0.3) is 0 Å². The lowest BCUT2D eigenvalue weighted by atomic mass is 9.77. The lowest BCUT2D eigenvalue weighted by Gasteiger charge is -2.34. The quantitative estimate of drug-likeness (QED) is 0.914. The van der Waals surface area contributed by atoms with Crippen molar-refractivity contribution in [1.29, 1.82) is 0 Å². The molecule has 1 saturated carbocycles. The second kappa shape index (κ2) is 5.88. The summed E-state index contributed by atoms with van der Waals surface area (Å²) in [4.78, 5) is 0. The van der Waals surface area contributed by atoms with E-state index in [1.54, 1.807) is 0 Å². The first-order chi connectivity index (χ1) is 10.1. The van der Waals surface area contributed by atoms with E-state index >= 15 is 0 Å². The summed E-state index contributed by atoms with van der Waals surface area (Å²) in [6, 6.07) is 6.83. The number of nitrogens with one attached hydrogen (secondary N) is 1. The van der Waals surface area contributed by atoms with E-state index in [1.807, 2.05) is 0 Å². The Kier molecular flexibility index (Phi) is 4.12. The van der Waals surface area contributed by atoms with E-state index in [9.17, 15) is 0 Å². The van der Waals surface area contributed by atoms with Crippen LogP contribution in [0.4, 0.5) is 0 Å². The van der Waals surface area contributed by atoms with Gasteiger partial charge in [-0.2, -0.15) is 0 Å². The molecular formula is C18H27NO2. The van der Waals surface area contributed by atoms with Crippen LogP contribution >= 0.6 is 0 Å². The molecule has 1 heterocycles. The van der Waals surface area contributed by atoms with Crippen molar-refractivity contribution >= 4 is 0 Å². The number of hydrogen-bond acceptors (Lipinski definition) is 3. The molecule has 1 aliphatic heterocycles. The fraction of sp³-hybridized carbons (Fsp3) is 0.667. The standard InChI is InChI=1S/C18H27NO2/c1-13-11-20-15-7-6-14(10-16(15)21-12-13)17(19-3)18(2)8-4-5-9-18/h6-7,10,13,17,19H,4-5,8-9,11-12H2,1-3H3. The Morgan fingerprint density at radius 3 is 2.48 bits per heavy atom. The van der Waals surface area contributed by atoms with Gasteiger partial charge in [-0.25, -0.2) is 0 Å². The van der Waals surface area contributed by atoms with Crippen molar-refractivity contribution in [3.8, 4) is 11.5 Å². The number of benzene rings is 1. The third-order valence-corrected chi connectivity index (χ3v) is 5.08. The lowest BCUT2D eigenvalue weighted by molar-refractivity contribution is 0.227. The van der Waals surface area contributed by atoms with Crippen LogP contribution in [0.5, 0.6) is 11.5 Å². The number of ether oxygens (including phenoxy) is 2. The summed E-state index contributed by atoms with van der Waals surface area (Å²) in [5, 5.41) is 3.54. The molecule has 21 heavy (non-hydrogen) atoms. The number of rotatable bonds is 3. The van der Waals surface area contributed by atoms with Gasteiger partial charge in [-0.15, -0.1) is 0 Å². The molecule has 0 amide bonds. The monoisotopic (exact) mass is 289 g/mol. The zero-order chi connectivity index (χ0) is 14.9. The van der Waals surface area contributed by atoms with Gasteiger partial charge in [0.1, 0.15) is 0 Å². The van der Waals surface area contributed by atoms with E-state index in [4.69, 9.17) is 9.47 Å². The molecule has 3 heteroatoms. The van der Waals surface area contributed by atoms with Crippen LogP contribution in [-0.2, 0) is 0 Å². The van der Waals surface area contributed by atoms with E-state index in [2.05, 4.69) is 44.4 Å². The molecule has 1 aliphatic carbocycles. The van der Waals surface area contributed by atoms with E-state index < -0.39 is 0 Å². The van der Waals surface area contributed by atoms with Crippen molar-refractivity contribution in [3.63, 3.8) is 0 Å². The molecule has 3 rings (SSSR count). The second-order valence-electron chi connectivity index (χ2n) is 7.02. The smallest absolute Gasteiger partial charge is 0.161 e. The molecular weight excluding hydrogens is 262 g/mol. The maximum absolute atomic E-state index is 5.94. The zero-order valence-corrected chi connectivity index (χ0v) is 13.4. The first-order valence-electron chi connectivity index (χ1n) is 8.19. The predicted octanol–water partition coefficient (Wildman–Crippen LogP) is 3.93. The van der Waals surface area contributed by atoms with E-state index in [0.717, 1.165) is 24.7 Å². The van der Waals surface area contributed by atoms with E-state index in [-0.39, 0.29) is 0 Å². The maximum Gasteiger partial charge on any atom is 0.161 e. The van der Waals surface area contributed by atoms with Gasteiger partial charge >= 0.3 is 0 Å². The summed E-state index contributed by atoms with van der Waals surface area (Å²) in [6.07, 6.45) is 5.28. The van der Waals surface area contributed by atoms with Crippen molar-refractivity contribution in [3.05, 3.63) is 23.8 Å². The average molecular weight is 289 g/mol. The molecule has 3 nitrogen and oxygen atoms in total. The number of fused-ring (bicyclic) bond motifs is 1. The van der Waals surface area contributed by atoms with Crippen LogP contribution in [0, 0.1) is 11.3 Å². The van der Waals surface area contributed by atoms with Gasteiger partial charge in [0.15, 0.2) is 11.5 Å². The van der Waals surface area contributed by atoms with Gasteiger partial charge in [-0.3, -0.25) is 0 Å². The third kappa shape index (κ3) is 2.89. The molecule has 2 atom stereocenters. The predicted molar refractivity (Wildman–Crippen MR) is 85.0 cm³/mol.